The number of ether oxygens (including phenoxy) is 1. The lowest BCUT2D eigenvalue weighted by Gasteiger charge is -2.39. The fourth-order valence-electron chi connectivity index (χ4n) is 3.33. The number of unbranched alkanes of at least 4 members (excludes halogenated alkanes) is 1. The molecule has 1 aromatic carbocycles. The van der Waals surface area contributed by atoms with Crippen molar-refractivity contribution in [3.05, 3.63) is 35.4 Å². The van der Waals surface area contributed by atoms with E-state index in [1.165, 1.54) is 17.5 Å². The lowest BCUT2D eigenvalue weighted by molar-refractivity contribution is 0.0512. The maximum atomic E-state index is 5.63. The quantitative estimate of drug-likeness (QED) is 0.482. The third kappa shape index (κ3) is 4.71. The normalized spacial score (nSPS) is 17.8. The molecular formula is C19H31N3O. The molecule has 23 heavy (non-hydrogen) atoms. The molecule has 2 rings (SSSR count). The van der Waals surface area contributed by atoms with Crippen LogP contribution >= 0.6 is 0 Å². The van der Waals surface area contributed by atoms with E-state index >= 15 is 0 Å². The Labute approximate surface area is 140 Å². The SMILES string of the molecule is CCCCNC(=NC)NCC1(c2ccccc2C)CCOCC1. The molecular weight excluding hydrogens is 286 g/mol. The molecule has 0 aliphatic carbocycles. The van der Waals surface area contributed by atoms with E-state index < -0.39 is 0 Å². The van der Waals surface area contributed by atoms with Gasteiger partial charge in [0, 0.05) is 38.8 Å². The highest BCUT2D eigenvalue weighted by atomic mass is 16.5. The van der Waals surface area contributed by atoms with Gasteiger partial charge >= 0.3 is 0 Å². The monoisotopic (exact) mass is 317 g/mol. The van der Waals surface area contributed by atoms with E-state index in [4.69, 9.17) is 4.74 Å². The van der Waals surface area contributed by atoms with Crippen molar-refractivity contribution >= 4 is 5.96 Å². The molecule has 0 saturated carbocycles. The van der Waals surface area contributed by atoms with Crippen molar-refractivity contribution in [3.8, 4) is 0 Å². The van der Waals surface area contributed by atoms with Crippen LogP contribution in [0.5, 0.6) is 0 Å². The number of benzene rings is 1. The zero-order chi connectivity index (χ0) is 16.5. The van der Waals surface area contributed by atoms with Gasteiger partial charge in [0.05, 0.1) is 0 Å². The number of aliphatic imine (C=N–C) groups is 1. The van der Waals surface area contributed by atoms with Crippen LogP contribution in [0.4, 0.5) is 0 Å². The summed E-state index contributed by atoms with van der Waals surface area (Å²) in [7, 11) is 1.84. The Morgan fingerprint density at radius 2 is 1.96 bits per heavy atom. The van der Waals surface area contributed by atoms with E-state index in [9.17, 15) is 0 Å². The summed E-state index contributed by atoms with van der Waals surface area (Å²) in [6.07, 6.45) is 4.46. The molecule has 128 valence electrons. The van der Waals surface area contributed by atoms with E-state index in [0.29, 0.717) is 0 Å². The fourth-order valence-corrected chi connectivity index (χ4v) is 3.33. The van der Waals surface area contributed by atoms with Crippen molar-refractivity contribution in [2.45, 2.75) is 44.9 Å². The average molecular weight is 317 g/mol. The second-order valence-corrected chi connectivity index (χ2v) is 6.41. The van der Waals surface area contributed by atoms with Gasteiger partial charge in [0.1, 0.15) is 0 Å². The number of hydrogen-bond acceptors (Lipinski definition) is 2. The van der Waals surface area contributed by atoms with Crippen LogP contribution in [0.25, 0.3) is 0 Å². The Kier molecular flexibility index (Phi) is 6.90. The molecule has 0 amide bonds. The number of hydrogen-bond donors (Lipinski definition) is 2. The molecule has 0 radical (unpaired) electrons. The van der Waals surface area contributed by atoms with Gasteiger partial charge in [-0.25, -0.2) is 0 Å². The molecule has 0 bridgehead atoms. The maximum Gasteiger partial charge on any atom is 0.191 e. The second kappa shape index (κ2) is 8.92. The van der Waals surface area contributed by atoms with E-state index in [1.807, 2.05) is 7.05 Å². The highest BCUT2D eigenvalue weighted by molar-refractivity contribution is 5.79. The number of rotatable bonds is 6. The first-order valence-electron chi connectivity index (χ1n) is 8.80. The molecule has 4 nitrogen and oxygen atoms in total. The highest BCUT2D eigenvalue weighted by Crippen LogP contribution is 2.36. The minimum absolute atomic E-state index is 0.131. The first-order chi connectivity index (χ1) is 11.2. The topological polar surface area (TPSA) is 45.7 Å². The van der Waals surface area contributed by atoms with Crippen LogP contribution in [0, 0.1) is 6.92 Å². The molecule has 1 saturated heterocycles. The Bertz CT molecular complexity index is 507. The summed E-state index contributed by atoms with van der Waals surface area (Å²) in [6, 6.07) is 8.74. The van der Waals surface area contributed by atoms with Gasteiger partial charge in [0.25, 0.3) is 0 Å². The van der Waals surface area contributed by atoms with E-state index in [0.717, 1.165) is 51.5 Å². The molecule has 1 heterocycles. The Morgan fingerprint density at radius 1 is 1.22 bits per heavy atom. The number of nitrogens with zero attached hydrogens (tertiary/aromatic N) is 1. The van der Waals surface area contributed by atoms with Gasteiger partial charge in [0.15, 0.2) is 5.96 Å². The van der Waals surface area contributed by atoms with Gasteiger partial charge in [-0.15, -0.1) is 0 Å². The van der Waals surface area contributed by atoms with Crippen LogP contribution in [0.3, 0.4) is 0 Å². The standard InChI is InChI=1S/C19H31N3O/c1-4-5-12-21-18(20-3)22-15-19(10-13-23-14-11-19)17-9-7-6-8-16(17)2/h6-9H,4-5,10-15H2,1-3H3,(H2,20,21,22). The minimum atomic E-state index is 0.131. The molecule has 1 fully saturated rings. The minimum Gasteiger partial charge on any atom is -0.381 e. The summed E-state index contributed by atoms with van der Waals surface area (Å²) in [5, 5.41) is 6.95. The first kappa shape index (κ1) is 17.8. The summed E-state index contributed by atoms with van der Waals surface area (Å²) in [6.45, 7) is 7.94. The smallest absolute Gasteiger partial charge is 0.191 e. The van der Waals surface area contributed by atoms with Gasteiger partial charge in [-0.3, -0.25) is 4.99 Å². The fraction of sp³-hybridized carbons (Fsp3) is 0.632. The van der Waals surface area contributed by atoms with Crippen LogP contribution in [0.2, 0.25) is 0 Å². The first-order valence-corrected chi connectivity index (χ1v) is 8.80. The summed E-state index contributed by atoms with van der Waals surface area (Å²) in [4.78, 5) is 4.35. The molecule has 0 spiro atoms. The molecule has 2 N–H and O–H groups in total. The van der Waals surface area contributed by atoms with E-state index in [-0.39, 0.29) is 5.41 Å². The molecule has 0 aromatic heterocycles. The van der Waals surface area contributed by atoms with Crippen LogP contribution < -0.4 is 10.6 Å². The largest absolute Gasteiger partial charge is 0.381 e. The average Bonchev–Trinajstić information content (AvgIpc) is 2.59. The predicted molar refractivity (Wildman–Crippen MR) is 97.2 cm³/mol. The van der Waals surface area contributed by atoms with Crippen LogP contribution in [-0.4, -0.2) is 39.3 Å². The predicted octanol–water partition coefficient (Wildman–Crippen LogP) is 3.01. The number of nitrogens with one attached hydrogen (secondary N) is 2. The zero-order valence-electron chi connectivity index (χ0n) is 14.8. The lowest BCUT2D eigenvalue weighted by atomic mass is 9.72. The third-order valence-electron chi connectivity index (χ3n) is 4.81. The van der Waals surface area contributed by atoms with Gasteiger partial charge in [0.2, 0.25) is 0 Å². The van der Waals surface area contributed by atoms with E-state index in [1.54, 1.807) is 0 Å². The molecule has 0 atom stereocenters. The van der Waals surface area contributed by atoms with Crippen molar-refractivity contribution in [2.75, 3.05) is 33.4 Å². The number of guanidine groups is 1. The molecule has 0 unspecified atom stereocenters. The van der Waals surface area contributed by atoms with Crippen molar-refractivity contribution in [1.29, 1.82) is 0 Å². The second-order valence-electron chi connectivity index (χ2n) is 6.41. The molecule has 1 aromatic rings. The summed E-state index contributed by atoms with van der Waals surface area (Å²) >= 11 is 0. The molecule has 1 aliphatic heterocycles. The summed E-state index contributed by atoms with van der Waals surface area (Å²) in [5.74, 6) is 0.901. The van der Waals surface area contributed by atoms with Crippen LogP contribution in [0.1, 0.15) is 43.7 Å². The van der Waals surface area contributed by atoms with Gasteiger partial charge < -0.3 is 15.4 Å². The Hall–Kier alpha value is -1.55. The van der Waals surface area contributed by atoms with Crippen molar-refractivity contribution in [2.24, 2.45) is 4.99 Å². The maximum absolute atomic E-state index is 5.63. The Balaban J connectivity index is 2.09. The molecule has 1 aliphatic rings. The summed E-state index contributed by atoms with van der Waals surface area (Å²) < 4.78 is 5.63. The number of aryl methyl sites for hydroxylation is 1. The van der Waals surface area contributed by atoms with Gasteiger partial charge in [-0.1, -0.05) is 37.6 Å². The van der Waals surface area contributed by atoms with Gasteiger partial charge in [-0.2, -0.15) is 0 Å². The molecule has 4 heteroatoms. The van der Waals surface area contributed by atoms with Crippen LogP contribution in [0.15, 0.2) is 29.3 Å². The third-order valence-corrected chi connectivity index (χ3v) is 4.81. The van der Waals surface area contributed by atoms with Crippen molar-refractivity contribution in [1.82, 2.24) is 10.6 Å². The Morgan fingerprint density at radius 3 is 2.61 bits per heavy atom. The zero-order valence-corrected chi connectivity index (χ0v) is 14.8. The van der Waals surface area contributed by atoms with Crippen molar-refractivity contribution in [3.63, 3.8) is 0 Å². The highest BCUT2D eigenvalue weighted by Gasteiger charge is 2.35. The van der Waals surface area contributed by atoms with E-state index in [2.05, 4.69) is 53.7 Å². The van der Waals surface area contributed by atoms with Crippen LogP contribution in [-0.2, 0) is 10.2 Å². The van der Waals surface area contributed by atoms with Crippen molar-refractivity contribution < 1.29 is 4.74 Å². The van der Waals surface area contributed by atoms with Gasteiger partial charge in [-0.05, 0) is 37.3 Å². The summed E-state index contributed by atoms with van der Waals surface area (Å²) in [5.41, 5.74) is 2.94. The lowest BCUT2D eigenvalue weighted by Crippen LogP contribution is -2.48.